The fraction of sp³-hybridized carbons (Fsp3) is 0.900. The maximum Gasteiger partial charge on any atom is 0.246 e. The maximum atomic E-state index is 11.9. The van der Waals surface area contributed by atoms with Gasteiger partial charge in [0.25, 0.3) is 0 Å². The van der Waals surface area contributed by atoms with Gasteiger partial charge in [0.2, 0.25) is 11.8 Å². The zero-order valence-corrected chi connectivity index (χ0v) is 18.9. The smallest absolute Gasteiger partial charge is 0.246 e. The third-order valence-electron chi connectivity index (χ3n) is 3.66. The van der Waals surface area contributed by atoms with Gasteiger partial charge in [-0.2, -0.15) is 0 Å². The molecule has 0 aliphatic carbocycles. The Morgan fingerprint density at radius 3 is 1.13 bits per heavy atom. The Hall–Kier alpha value is -1.30. The van der Waals surface area contributed by atoms with E-state index in [0.717, 1.165) is 0 Å². The minimum Gasteiger partial charge on any atom is -0.380 e. The lowest BCUT2D eigenvalue weighted by Gasteiger charge is -2.18. The summed E-state index contributed by atoms with van der Waals surface area (Å²) >= 11 is 0. The summed E-state index contributed by atoms with van der Waals surface area (Å²) < 4.78 is 31.9. The van der Waals surface area contributed by atoms with Crippen molar-refractivity contribution in [3.63, 3.8) is 0 Å². The Morgan fingerprint density at radius 1 is 0.567 bits per heavy atom. The largest absolute Gasteiger partial charge is 0.380 e. The van der Waals surface area contributed by atoms with Crippen molar-refractivity contribution in [2.24, 2.45) is 0 Å². The van der Waals surface area contributed by atoms with E-state index < -0.39 is 0 Å². The topological polar surface area (TPSA) is 114 Å². The van der Waals surface area contributed by atoms with Gasteiger partial charge in [-0.3, -0.25) is 9.59 Å². The minimum atomic E-state index is -0.258. The fourth-order valence-electron chi connectivity index (χ4n) is 2.29. The second-order valence-corrected chi connectivity index (χ2v) is 6.27. The van der Waals surface area contributed by atoms with E-state index in [0.29, 0.717) is 52.9 Å². The van der Waals surface area contributed by atoms with Crippen LogP contribution in [-0.2, 0) is 38.0 Å². The van der Waals surface area contributed by atoms with Crippen molar-refractivity contribution in [3.05, 3.63) is 0 Å². The van der Waals surface area contributed by atoms with E-state index in [1.54, 1.807) is 0 Å². The first kappa shape index (κ1) is 28.7. The number of rotatable bonds is 21. The van der Waals surface area contributed by atoms with Crippen molar-refractivity contribution in [2.45, 2.75) is 39.8 Å². The van der Waals surface area contributed by atoms with Gasteiger partial charge in [-0.1, -0.05) is 0 Å². The van der Waals surface area contributed by atoms with E-state index in [1.807, 2.05) is 27.7 Å². The molecule has 0 aromatic heterocycles. The molecule has 0 atom stereocenters. The molecule has 2 amide bonds. The molecule has 0 unspecified atom stereocenters. The summed E-state index contributed by atoms with van der Waals surface area (Å²) in [6.07, 6.45) is 0. The van der Waals surface area contributed by atoms with E-state index in [-0.39, 0.29) is 50.3 Å². The number of amides is 2. The van der Waals surface area contributed by atoms with Crippen LogP contribution in [0.25, 0.3) is 0 Å². The summed E-state index contributed by atoms with van der Waals surface area (Å²) in [4.78, 5) is 23.9. The van der Waals surface area contributed by atoms with Crippen LogP contribution < -0.4 is 10.6 Å². The van der Waals surface area contributed by atoms with E-state index >= 15 is 0 Å². The van der Waals surface area contributed by atoms with Gasteiger partial charge in [0, 0.05) is 26.4 Å². The fourth-order valence-corrected chi connectivity index (χ4v) is 2.29. The van der Waals surface area contributed by atoms with Crippen molar-refractivity contribution >= 4 is 11.8 Å². The minimum absolute atomic E-state index is 0.102. The van der Waals surface area contributed by atoms with Crippen molar-refractivity contribution in [1.29, 1.82) is 0 Å². The van der Waals surface area contributed by atoms with E-state index in [2.05, 4.69) is 10.6 Å². The molecule has 0 bridgehead atoms. The van der Waals surface area contributed by atoms with Crippen LogP contribution in [0.5, 0.6) is 0 Å². The SMILES string of the molecule is CCOCC(COCC)NC(=O)COCCOCC(=O)NC(COCC)COCC. The number of carbonyl (C=O) groups is 2. The third kappa shape index (κ3) is 17.5. The van der Waals surface area contributed by atoms with Crippen molar-refractivity contribution in [3.8, 4) is 0 Å². The summed E-state index contributed by atoms with van der Waals surface area (Å²) in [7, 11) is 0. The molecule has 0 fully saturated rings. The van der Waals surface area contributed by atoms with E-state index in [4.69, 9.17) is 28.4 Å². The summed E-state index contributed by atoms with van der Waals surface area (Å²) in [6, 6.07) is -0.440. The second kappa shape index (κ2) is 21.0. The van der Waals surface area contributed by atoms with Crippen LogP contribution in [0.3, 0.4) is 0 Å². The lowest BCUT2D eigenvalue weighted by molar-refractivity contribution is -0.131. The summed E-state index contributed by atoms with van der Waals surface area (Å²) in [5.74, 6) is -0.515. The first-order chi connectivity index (χ1) is 14.6. The van der Waals surface area contributed by atoms with Crippen LogP contribution >= 0.6 is 0 Å². The number of hydrogen-bond acceptors (Lipinski definition) is 8. The van der Waals surface area contributed by atoms with Crippen molar-refractivity contribution in [2.75, 3.05) is 79.3 Å². The summed E-state index contributed by atoms with van der Waals surface area (Å²) in [5, 5.41) is 5.62. The lowest BCUT2D eigenvalue weighted by Crippen LogP contribution is -2.43. The highest BCUT2D eigenvalue weighted by molar-refractivity contribution is 5.77. The standard InChI is InChI=1S/C20H40N2O8/c1-5-25-11-17(12-26-6-2)21-19(23)15-29-9-10-30-16-20(24)22-18(13-27-7-3)14-28-8-4/h17-18H,5-16H2,1-4H3,(H,21,23)(H,22,24). The van der Waals surface area contributed by atoms with Crippen LogP contribution in [-0.4, -0.2) is 103 Å². The quantitative estimate of drug-likeness (QED) is 0.244. The monoisotopic (exact) mass is 436 g/mol. The number of carbonyl (C=O) groups excluding carboxylic acids is 2. The normalized spacial score (nSPS) is 11.3. The molecule has 0 spiro atoms. The van der Waals surface area contributed by atoms with Gasteiger partial charge in [0.1, 0.15) is 13.2 Å². The van der Waals surface area contributed by atoms with Gasteiger partial charge in [-0.05, 0) is 27.7 Å². The van der Waals surface area contributed by atoms with Gasteiger partial charge >= 0.3 is 0 Å². The molecule has 0 saturated carbocycles. The zero-order chi connectivity index (χ0) is 22.5. The highest BCUT2D eigenvalue weighted by atomic mass is 16.5. The predicted octanol–water partition coefficient (Wildman–Crippen LogP) is 0.135. The van der Waals surface area contributed by atoms with Gasteiger partial charge in [-0.25, -0.2) is 0 Å². The van der Waals surface area contributed by atoms with Crippen LogP contribution in [0.4, 0.5) is 0 Å². The molecule has 0 aliphatic rings. The summed E-state index contributed by atoms with van der Waals surface area (Å²) in [6.45, 7) is 11.6. The predicted molar refractivity (Wildman–Crippen MR) is 111 cm³/mol. The molecular weight excluding hydrogens is 396 g/mol. The first-order valence-corrected chi connectivity index (χ1v) is 10.6. The maximum absolute atomic E-state index is 11.9. The Morgan fingerprint density at radius 2 is 0.867 bits per heavy atom. The molecule has 2 N–H and O–H groups in total. The average Bonchev–Trinajstić information content (AvgIpc) is 2.74. The highest BCUT2D eigenvalue weighted by Gasteiger charge is 2.14. The van der Waals surface area contributed by atoms with Crippen molar-refractivity contribution in [1.82, 2.24) is 10.6 Å². The molecule has 178 valence electrons. The Kier molecular flexibility index (Phi) is 20.0. The molecule has 10 heteroatoms. The van der Waals surface area contributed by atoms with Crippen LogP contribution in [0.1, 0.15) is 27.7 Å². The number of nitrogens with one attached hydrogen (secondary N) is 2. The molecular formula is C20H40N2O8. The molecule has 10 nitrogen and oxygen atoms in total. The Labute approximate surface area is 180 Å². The summed E-state index contributed by atoms with van der Waals surface area (Å²) in [5.41, 5.74) is 0. The third-order valence-corrected chi connectivity index (χ3v) is 3.66. The average molecular weight is 437 g/mol. The molecule has 0 saturated heterocycles. The molecule has 0 aliphatic heterocycles. The van der Waals surface area contributed by atoms with Gasteiger partial charge < -0.3 is 39.1 Å². The van der Waals surface area contributed by atoms with Crippen LogP contribution in [0, 0.1) is 0 Å². The van der Waals surface area contributed by atoms with Gasteiger partial charge in [-0.15, -0.1) is 0 Å². The number of hydrogen-bond donors (Lipinski definition) is 2. The van der Waals surface area contributed by atoms with Crippen LogP contribution in [0.2, 0.25) is 0 Å². The van der Waals surface area contributed by atoms with Crippen molar-refractivity contribution < 1.29 is 38.0 Å². The molecule has 0 aromatic rings. The van der Waals surface area contributed by atoms with Gasteiger partial charge in [0.05, 0.1) is 51.7 Å². The molecule has 0 heterocycles. The van der Waals surface area contributed by atoms with E-state index in [1.165, 1.54) is 0 Å². The Bertz CT molecular complexity index is 372. The lowest BCUT2D eigenvalue weighted by atomic mass is 10.3. The molecule has 0 radical (unpaired) electrons. The molecule has 0 aromatic carbocycles. The number of ether oxygens (including phenoxy) is 6. The first-order valence-electron chi connectivity index (χ1n) is 10.6. The second-order valence-electron chi connectivity index (χ2n) is 6.27. The van der Waals surface area contributed by atoms with E-state index in [9.17, 15) is 9.59 Å². The van der Waals surface area contributed by atoms with Crippen LogP contribution in [0.15, 0.2) is 0 Å². The molecule has 30 heavy (non-hydrogen) atoms. The van der Waals surface area contributed by atoms with Gasteiger partial charge in [0.15, 0.2) is 0 Å². The molecule has 0 rings (SSSR count). The Balaban J connectivity index is 3.91. The zero-order valence-electron chi connectivity index (χ0n) is 18.9. The highest BCUT2D eigenvalue weighted by Crippen LogP contribution is 1.92.